The molecule has 1 heterocycles. The van der Waals surface area contributed by atoms with Crippen molar-refractivity contribution >= 4 is 28.8 Å². The molecule has 0 fully saturated rings. The Morgan fingerprint density at radius 1 is 1.48 bits per heavy atom. The molecule has 23 heavy (non-hydrogen) atoms. The summed E-state index contributed by atoms with van der Waals surface area (Å²) in [6.07, 6.45) is -2.56. The number of nitrogens with one attached hydrogen (secondary N) is 2. The van der Waals surface area contributed by atoms with E-state index in [4.69, 9.17) is 17.0 Å². The van der Waals surface area contributed by atoms with Crippen molar-refractivity contribution in [1.82, 2.24) is 5.32 Å². The second-order valence-corrected chi connectivity index (χ2v) is 5.01. The first-order chi connectivity index (χ1) is 10.9. The lowest BCUT2D eigenvalue weighted by molar-refractivity contribution is -0.117. The Bertz CT molecular complexity index is 665. The van der Waals surface area contributed by atoms with Gasteiger partial charge >= 0.3 is 0 Å². The molecule has 0 unspecified atom stereocenters. The smallest absolute Gasteiger partial charge is 0.272 e. The zero-order valence-corrected chi connectivity index (χ0v) is 12.6. The molecule has 0 aliphatic carbocycles. The molecule has 0 radical (unpaired) electrons. The normalized spacial score (nSPS) is 14.7. The van der Waals surface area contributed by atoms with E-state index in [9.17, 15) is 23.1 Å². The molecule has 124 valence electrons. The minimum atomic E-state index is -2.77. The van der Waals surface area contributed by atoms with Gasteiger partial charge in [0, 0.05) is 13.0 Å². The van der Waals surface area contributed by atoms with Crippen molar-refractivity contribution in [3.63, 3.8) is 0 Å². The molecule has 0 spiro atoms. The van der Waals surface area contributed by atoms with Gasteiger partial charge in [-0.2, -0.15) is 0 Å². The number of rotatable bonds is 5. The van der Waals surface area contributed by atoms with Crippen LogP contribution in [-0.2, 0) is 4.79 Å². The predicted octanol–water partition coefficient (Wildman–Crippen LogP) is 2.54. The number of para-hydroxylation sites is 1. The Hall–Kier alpha value is -2.29. The Balaban J connectivity index is 2.24. The number of carbonyl (C=O) groups is 1. The molecule has 2 rings (SSSR count). The van der Waals surface area contributed by atoms with Crippen LogP contribution < -0.4 is 15.4 Å². The van der Waals surface area contributed by atoms with Crippen molar-refractivity contribution in [3.05, 3.63) is 35.3 Å². The highest BCUT2D eigenvalue weighted by atomic mass is 32.1. The van der Waals surface area contributed by atoms with Gasteiger partial charge < -0.3 is 20.5 Å². The minimum absolute atomic E-state index is 0.0191. The lowest BCUT2D eigenvalue weighted by atomic mass is 10.1. The lowest BCUT2D eigenvalue weighted by Gasteiger charge is -2.19. The quantitative estimate of drug-likeness (QED) is 0.715. The third kappa shape index (κ3) is 4.13. The topological polar surface area (TPSA) is 70.6 Å². The molecule has 9 heteroatoms. The lowest BCUT2D eigenvalue weighted by Crippen LogP contribution is -2.36. The van der Waals surface area contributed by atoms with Gasteiger partial charge in [0.25, 0.3) is 12.3 Å². The number of benzene rings is 1. The number of ether oxygens (including phenoxy) is 1. The second-order valence-electron chi connectivity index (χ2n) is 4.60. The standard InChI is InChI=1S/C14H13F3N2O3S/c15-7-2-1-3-8(12(7)22-6-10(16)17)19-14(23)11-9(20)4-5-18-13(11)21/h1-3,10,20H,4-6H2,(H,18,21)(H,19,23). The fourth-order valence-electron chi connectivity index (χ4n) is 1.96. The molecule has 1 aliphatic rings. The van der Waals surface area contributed by atoms with Crippen LogP contribution in [0.3, 0.4) is 0 Å². The van der Waals surface area contributed by atoms with Crippen molar-refractivity contribution in [1.29, 1.82) is 0 Å². The van der Waals surface area contributed by atoms with Crippen molar-refractivity contribution in [2.45, 2.75) is 12.8 Å². The highest BCUT2D eigenvalue weighted by Gasteiger charge is 2.25. The highest BCUT2D eigenvalue weighted by molar-refractivity contribution is 7.81. The number of hydrogen-bond donors (Lipinski definition) is 3. The molecular formula is C14H13F3N2O3S. The maximum atomic E-state index is 13.8. The zero-order chi connectivity index (χ0) is 17.0. The zero-order valence-electron chi connectivity index (χ0n) is 11.7. The van der Waals surface area contributed by atoms with E-state index >= 15 is 0 Å². The Labute approximate surface area is 135 Å². The van der Waals surface area contributed by atoms with Gasteiger partial charge in [-0.15, -0.1) is 0 Å². The van der Waals surface area contributed by atoms with Gasteiger partial charge in [0.05, 0.1) is 5.69 Å². The second kappa shape index (κ2) is 7.32. The number of halogens is 3. The van der Waals surface area contributed by atoms with Crippen LogP contribution in [0, 0.1) is 5.82 Å². The molecule has 0 saturated heterocycles. The summed E-state index contributed by atoms with van der Waals surface area (Å²) in [4.78, 5) is 11.6. The molecule has 1 aromatic carbocycles. The third-order valence-electron chi connectivity index (χ3n) is 2.96. The first-order valence-electron chi connectivity index (χ1n) is 6.61. The van der Waals surface area contributed by atoms with Gasteiger partial charge in [0.1, 0.15) is 22.9 Å². The Morgan fingerprint density at radius 2 is 2.22 bits per heavy atom. The summed E-state index contributed by atoms with van der Waals surface area (Å²) in [7, 11) is 0. The van der Waals surface area contributed by atoms with Crippen LogP contribution in [0.25, 0.3) is 0 Å². The fraction of sp³-hybridized carbons (Fsp3) is 0.286. The van der Waals surface area contributed by atoms with Crippen molar-refractivity contribution < 1.29 is 27.8 Å². The first-order valence-corrected chi connectivity index (χ1v) is 7.02. The maximum Gasteiger partial charge on any atom is 0.272 e. The Kier molecular flexibility index (Phi) is 5.43. The van der Waals surface area contributed by atoms with E-state index in [0.29, 0.717) is 0 Å². The average molecular weight is 346 g/mol. The summed E-state index contributed by atoms with van der Waals surface area (Å²) in [5, 5.41) is 14.8. The molecule has 0 atom stereocenters. The number of aliphatic hydroxyl groups excluding tert-OH is 1. The molecule has 0 aromatic heterocycles. The summed E-state index contributed by atoms with van der Waals surface area (Å²) >= 11 is 5.03. The van der Waals surface area contributed by atoms with E-state index < -0.39 is 30.5 Å². The summed E-state index contributed by atoms with van der Waals surface area (Å²) in [5.74, 6) is -2.06. The maximum absolute atomic E-state index is 13.8. The number of alkyl halides is 2. The molecule has 1 aromatic rings. The van der Waals surface area contributed by atoms with Crippen LogP contribution in [-0.4, -0.2) is 35.6 Å². The summed E-state index contributed by atoms with van der Waals surface area (Å²) in [6, 6.07) is 3.72. The molecule has 5 nitrogen and oxygen atoms in total. The van der Waals surface area contributed by atoms with Crippen LogP contribution in [0.15, 0.2) is 29.5 Å². The first kappa shape index (κ1) is 17.1. The largest absolute Gasteiger partial charge is 0.511 e. The molecular weight excluding hydrogens is 333 g/mol. The molecule has 1 amide bonds. The molecule has 0 saturated carbocycles. The van der Waals surface area contributed by atoms with E-state index in [0.717, 1.165) is 6.07 Å². The van der Waals surface area contributed by atoms with E-state index in [-0.39, 0.29) is 35.0 Å². The van der Waals surface area contributed by atoms with Gasteiger partial charge in [-0.05, 0) is 12.1 Å². The number of thiocarbonyl (C=S) groups is 1. The van der Waals surface area contributed by atoms with E-state index in [1.54, 1.807) is 0 Å². The van der Waals surface area contributed by atoms with Gasteiger partial charge in [0.2, 0.25) is 0 Å². The van der Waals surface area contributed by atoms with Crippen molar-refractivity contribution in [2.24, 2.45) is 0 Å². The number of carbonyl (C=O) groups excluding carboxylic acids is 1. The summed E-state index contributed by atoms with van der Waals surface area (Å²) in [6.45, 7) is -0.712. The van der Waals surface area contributed by atoms with Crippen LogP contribution in [0.4, 0.5) is 18.9 Å². The number of anilines is 1. The highest BCUT2D eigenvalue weighted by Crippen LogP contribution is 2.29. The molecule has 0 bridgehead atoms. The fourth-order valence-corrected chi connectivity index (χ4v) is 2.28. The third-order valence-corrected chi connectivity index (χ3v) is 3.27. The molecule has 3 N–H and O–H groups in total. The van der Waals surface area contributed by atoms with E-state index in [1.165, 1.54) is 12.1 Å². The van der Waals surface area contributed by atoms with Crippen LogP contribution >= 0.6 is 12.2 Å². The van der Waals surface area contributed by atoms with Gasteiger partial charge in [-0.3, -0.25) is 4.79 Å². The van der Waals surface area contributed by atoms with Crippen molar-refractivity contribution in [2.75, 3.05) is 18.5 Å². The van der Waals surface area contributed by atoms with Gasteiger partial charge in [-0.1, -0.05) is 18.3 Å². The van der Waals surface area contributed by atoms with Crippen molar-refractivity contribution in [3.8, 4) is 5.75 Å². The average Bonchev–Trinajstić information content (AvgIpc) is 2.46. The van der Waals surface area contributed by atoms with Crippen LogP contribution in [0.5, 0.6) is 5.75 Å². The number of hydrogen-bond acceptors (Lipinski definition) is 4. The number of aliphatic hydroxyl groups is 1. The van der Waals surface area contributed by atoms with E-state index in [2.05, 4.69) is 10.6 Å². The van der Waals surface area contributed by atoms with Gasteiger partial charge in [0.15, 0.2) is 11.6 Å². The van der Waals surface area contributed by atoms with E-state index in [1.807, 2.05) is 0 Å². The minimum Gasteiger partial charge on any atom is -0.511 e. The van der Waals surface area contributed by atoms with Gasteiger partial charge in [-0.25, -0.2) is 13.2 Å². The predicted molar refractivity (Wildman–Crippen MR) is 81.4 cm³/mol. The molecule has 1 aliphatic heterocycles. The Morgan fingerprint density at radius 3 is 2.87 bits per heavy atom. The summed E-state index contributed by atoms with van der Waals surface area (Å²) in [5.41, 5.74) is -0.162. The van der Waals surface area contributed by atoms with Crippen LogP contribution in [0.2, 0.25) is 0 Å². The van der Waals surface area contributed by atoms with Crippen LogP contribution in [0.1, 0.15) is 6.42 Å². The number of amides is 1. The SMILES string of the molecule is O=C1NCCC(O)=C1C(=S)Nc1cccc(F)c1OCC(F)F. The monoisotopic (exact) mass is 346 g/mol. The summed E-state index contributed by atoms with van der Waals surface area (Å²) < 4.78 is 43.0.